The number of amides is 2. The Labute approximate surface area is 205 Å². The third-order valence-electron chi connectivity index (χ3n) is 6.56. The molecule has 8 nitrogen and oxygen atoms in total. The van der Waals surface area contributed by atoms with E-state index in [2.05, 4.69) is 10.2 Å². The summed E-state index contributed by atoms with van der Waals surface area (Å²) in [5, 5.41) is 7.85. The maximum Gasteiger partial charge on any atom is 0.257 e. The molecule has 1 saturated carbocycles. The van der Waals surface area contributed by atoms with Crippen molar-refractivity contribution in [3.05, 3.63) is 65.9 Å². The lowest BCUT2D eigenvalue weighted by molar-refractivity contribution is -0.122. The van der Waals surface area contributed by atoms with Crippen LogP contribution in [0.5, 0.6) is 5.75 Å². The second-order valence-corrected chi connectivity index (χ2v) is 9.31. The fourth-order valence-electron chi connectivity index (χ4n) is 4.33. The summed E-state index contributed by atoms with van der Waals surface area (Å²) in [5.74, 6) is 0.735. The van der Waals surface area contributed by atoms with Gasteiger partial charge in [0.1, 0.15) is 11.4 Å². The molecule has 1 saturated heterocycles. The normalized spacial score (nSPS) is 16.2. The standard InChI is InChI=1S/C27H31N5O3/c1-19-6-10-22(11-7-19)32-17-24(26(29-32)20-4-3-5-23(16-20)35-2)27(34)31-14-12-30(13-15-31)18-25(33)28-21-8-9-21/h3-7,10-11,16-17,21H,8-9,12-15,18H2,1-2H3,(H,28,33). The minimum atomic E-state index is -0.0525. The van der Waals surface area contributed by atoms with Crippen molar-refractivity contribution < 1.29 is 14.3 Å². The molecule has 0 spiro atoms. The van der Waals surface area contributed by atoms with Crippen LogP contribution in [0.1, 0.15) is 28.8 Å². The molecule has 1 N–H and O–H groups in total. The monoisotopic (exact) mass is 473 g/mol. The van der Waals surface area contributed by atoms with Crippen LogP contribution in [0, 0.1) is 6.92 Å². The summed E-state index contributed by atoms with van der Waals surface area (Å²) >= 11 is 0. The van der Waals surface area contributed by atoms with E-state index in [1.54, 1.807) is 11.8 Å². The van der Waals surface area contributed by atoms with Crippen LogP contribution in [0.25, 0.3) is 16.9 Å². The minimum Gasteiger partial charge on any atom is -0.497 e. The van der Waals surface area contributed by atoms with Crippen molar-refractivity contribution >= 4 is 11.8 Å². The highest BCUT2D eigenvalue weighted by molar-refractivity contribution is 6.00. The zero-order valence-corrected chi connectivity index (χ0v) is 20.2. The fourth-order valence-corrected chi connectivity index (χ4v) is 4.33. The van der Waals surface area contributed by atoms with Gasteiger partial charge in [-0.3, -0.25) is 14.5 Å². The number of nitrogens with one attached hydrogen (secondary N) is 1. The number of nitrogens with zero attached hydrogens (tertiary/aromatic N) is 4. The minimum absolute atomic E-state index is 0.0525. The van der Waals surface area contributed by atoms with Gasteiger partial charge < -0.3 is 15.0 Å². The van der Waals surface area contributed by atoms with E-state index in [9.17, 15) is 9.59 Å². The van der Waals surface area contributed by atoms with Crippen molar-refractivity contribution in [2.75, 3.05) is 39.8 Å². The van der Waals surface area contributed by atoms with Crippen LogP contribution < -0.4 is 10.1 Å². The summed E-state index contributed by atoms with van der Waals surface area (Å²) in [7, 11) is 1.63. The van der Waals surface area contributed by atoms with Crippen LogP contribution in [-0.2, 0) is 4.79 Å². The largest absolute Gasteiger partial charge is 0.497 e. The molecular formula is C27H31N5O3. The Hall–Kier alpha value is -3.65. The van der Waals surface area contributed by atoms with Crippen molar-refractivity contribution in [2.45, 2.75) is 25.8 Å². The molecule has 1 aromatic heterocycles. The molecule has 2 amide bonds. The number of hydrogen-bond acceptors (Lipinski definition) is 5. The summed E-state index contributed by atoms with van der Waals surface area (Å²) in [6.45, 7) is 4.91. The predicted molar refractivity (Wildman–Crippen MR) is 134 cm³/mol. The molecule has 0 bridgehead atoms. The number of benzene rings is 2. The predicted octanol–water partition coefficient (Wildman–Crippen LogP) is 2.89. The first kappa shape index (κ1) is 23.1. The van der Waals surface area contributed by atoms with E-state index in [0.29, 0.717) is 55.8 Å². The Bertz CT molecular complexity index is 1210. The molecule has 3 aromatic rings. The zero-order chi connectivity index (χ0) is 24.4. The summed E-state index contributed by atoms with van der Waals surface area (Å²) in [5.41, 5.74) is 4.06. The molecule has 0 atom stereocenters. The topological polar surface area (TPSA) is 79.7 Å². The summed E-state index contributed by atoms with van der Waals surface area (Å²) in [6.07, 6.45) is 3.98. The molecular weight excluding hydrogens is 442 g/mol. The maximum atomic E-state index is 13.7. The van der Waals surface area contributed by atoms with Crippen LogP contribution in [0.15, 0.2) is 54.7 Å². The van der Waals surface area contributed by atoms with Gasteiger partial charge in [0.2, 0.25) is 5.91 Å². The number of hydrogen-bond donors (Lipinski definition) is 1. The van der Waals surface area contributed by atoms with E-state index in [4.69, 9.17) is 9.84 Å². The first-order valence-corrected chi connectivity index (χ1v) is 12.1. The van der Waals surface area contributed by atoms with Gasteiger partial charge in [-0.2, -0.15) is 5.10 Å². The maximum absolute atomic E-state index is 13.7. The van der Waals surface area contributed by atoms with E-state index >= 15 is 0 Å². The van der Waals surface area contributed by atoms with Crippen LogP contribution in [0.3, 0.4) is 0 Å². The smallest absolute Gasteiger partial charge is 0.257 e. The van der Waals surface area contributed by atoms with E-state index < -0.39 is 0 Å². The molecule has 182 valence electrons. The van der Waals surface area contributed by atoms with Gasteiger partial charge in [-0.1, -0.05) is 29.8 Å². The highest BCUT2D eigenvalue weighted by atomic mass is 16.5. The lowest BCUT2D eigenvalue weighted by atomic mass is 10.1. The zero-order valence-electron chi connectivity index (χ0n) is 20.2. The molecule has 0 unspecified atom stereocenters. The van der Waals surface area contributed by atoms with E-state index in [0.717, 1.165) is 29.7 Å². The Kier molecular flexibility index (Phi) is 6.55. The van der Waals surface area contributed by atoms with E-state index in [-0.39, 0.29) is 11.8 Å². The molecule has 2 aliphatic rings. The first-order chi connectivity index (χ1) is 17.0. The quantitative estimate of drug-likeness (QED) is 0.571. The number of aryl methyl sites for hydroxylation is 1. The van der Waals surface area contributed by atoms with Gasteiger partial charge in [0.15, 0.2) is 0 Å². The molecule has 2 aromatic carbocycles. The SMILES string of the molecule is COc1cccc(-c2nn(-c3ccc(C)cc3)cc2C(=O)N2CCN(CC(=O)NC3CC3)CC2)c1. The lowest BCUT2D eigenvalue weighted by Crippen LogP contribution is -2.51. The molecule has 5 rings (SSSR count). The van der Waals surface area contributed by atoms with Crippen LogP contribution in [-0.4, -0.2) is 77.3 Å². The lowest BCUT2D eigenvalue weighted by Gasteiger charge is -2.34. The molecule has 2 heterocycles. The van der Waals surface area contributed by atoms with Gasteiger partial charge in [-0.15, -0.1) is 0 Å². The van der Waals surface area contributed by atoms with Gasteiger partial charge in [0.25, 0.3) is 5.91 Å². The Morgan fingerprint density at radius 3 is 2.49 bits per heavy atom. The van der Waals surface area contributed by atoms with Crippen molar-refractivity contribution in [2.24, 2.45) is 0 Å². The number of carbonyl (C=O) groups excluding carboxylic acids is 2. The van der Waals surface area contributed by atoms with Gasteiger partial charge in [0.05, 0.1) is 24.9 Å². The summed E-state index contributed by atoms with van der Waals surface area (Å²) < 4.78 is 7.16. The Balaban J connectivity index is 1.37. The number of aromatic nitrogens is 2. The highest BCUT2D eigenvalue weighted by Crippen LogP contribution is 2.28. The van der Waals surface area contributed by atoms with Gasteiger partial charge >= 0.3 is 0 Å². The number of methoxy groups -OCH3 is 1. The molecule has 8 heteroatoms. The van der Waals surface area contributed by atoms with Gasteiger partial charge in [0, 0.05) is 44.0 Å². The Morgan fingerprint density at radius 1 is 1.06 bits per heavy atom. The van der Waals surface area contributed by atoms with Crippen molar-refractivity contribution in [1.29, 1.82) is 0 Å². The third-order valence-corrected chi connectivity index (χ3v) is 6.56. The molecule has 1 aliphatic heterocycles. The molecule has 0 radical (unpaired) electrons. The number of carbonyl (C=O) groups is 2. The molecule has 2 fully saturated rings. The highest BCUT2D eigenvalue weighted by Gasteiger charge is 2.29. The number of ether oxygens (including phenoxy) is 1. The first-order valence-electron chi connectivity index (χ1n) is 12.1. The second kappa shape index (κ2) is 9.92. The number of rotatable bonds is 7. The van der Waals surface area contributed by atoms with Crippen molar-refractivity contribution in [3.63, 3.8) is 0 Å². The Morgan fingerprint density at radius 2 is 1.80 bits per heavy atom. The van der Waals surface area contributed by atoms with Gasteiger partial charge in [-0.05, 0) is 44.0 Å². The van der Waals surface area contributed by atoms with Gasteiger partial charge in [-0.25, -0.2) is 4.68 Å². The second-order valence-electron chi connectivity index (χ2n) is 9.31. The summed E-state index contributed by atoms with van der Waals surface area (Å²) in [4.78, 5) is 29.8. The van der Waals surface area contributed by atoms with Crippen LogP contribution in [0.4, 0.5) is 0 Å². The van der Waals surface area contributed by atoms with E-state index in [1.807, 2.05) is 66.6 Å². The average molecular weight is 474 g/mol. The number of piperazine rings is 1. The summed E-state index contributed by atoms with van der Waals surface area (Å²) in [6, 6.07) is 16.0. The van der Waals surface area contributed by atoms with E-state index in [1.165, 1.54) is 0 Å². The third kappa shape index (κ3) is 5.38. The molecule has 35 heavy (non-hydrogen) atoms. The van der Waals surface area contributed by atoms with Crippen molar-refractivity contribution in [3.8, 4) is 22.7 Å². The fraction of sp³-hybridized carbons (Fsp3) is 0.370. The average Bonchev–Trinajstić information content (AvgIpc) is 3.58. The van der Waals surface area contributed by atoms with Crippen LogP contribution in [0.2, 0.25) is 0 Å². The van der Waals surface area contributed by atoms with Crippen LogP contribution >= 0.6 is 0 Å². The molecule has 1 aliphatic carbocycles. The van der Waals surface area contributed by atoms with Crippen molar-refractivity contribution in [1.82, 2.24) is 24.9 Å².